The molecule has 2 heterocycles. The lowest BCUT2D eigenvalue weighted by Crippen LogP contribution is -2.45. The maximum Gasteiger partial charge on any atom is 0.133 e. The Morgan fingerprint density at radius 2 is 2.00 bits per heavy atom. The zero-order chi connectivity index (χ0) is 14.0. The highest BCUT2D eigenvalue weighted by molar-refractivity contribution is 5.68. The van der Waals surface area contributed by atoms with Crippen LogP contribution in [0, 0.1) is 11.3 Å². The summed E-state index contributed by atoms with van der Waals surface area (Å²) >= 11 is 0. The summed E-state index contributed by atoms with van der Waals surface area (Å²) in [5, 5.41) is 9.29. The molecule has 0 radical (unpaired) electrons. The van der Waals surface area contributed by atoms with E-state index in [0.717, 1.165) is 44.1 Å². The lowest BCUT2D eigenvalue weighted by atomic mass is 10.2. The number of nitrogens with zero attached hydrogens (tertiary/aromatic N) is 4. The normalized spacial score (nSPS) is 18.3. The topological polar surface area (TPSA) is 61.2 Å². The molecule has 0 bridgehead atoms. The molecule has 2 rings (SSSR count). The smallest absolute Gasteiger partial charge is 0.133 e. The Morgan fingerprint density at radius 3 is 2.53 bits per heavy atom. The summed E-state index contributed by atoms with van der Waals surface area (Å²) in [7, 11) is 2.13. The van der Waals surface area contributed by atoms with Crippen LogP contribution >= 0.6 is 0 Å². The van der Waals surface area contributed by atoms with E-state index in [0.29, 0.717) is 11.7 Å². The van der Waals surface area contributed by atoms with Crippen molar-refractivity contribution < 1.29 is 0 Å². The molecule has 104 valence electrons. The summed E-state index contributed by atoms with van der Waals surface area (Å²) in [6, 6.07) is 4.36. The molecule has 2 N–H and O–H groups in total. The fourth-order valence-corrected chi connectivity index (χ4v) is 2.60. The first-order chi connectivity index (χ1) is 9.08. The molecular weight excluding hydrogens is 238 g/mol. The molecule has 0 unspecified atom stereocenters. The van der Waals surface area contributed by atoms with Crippen molar-refractivity contribution >= 4 is 11.5 Å². The number of aromatic nitrogens is 1. The van der Waals surface area contributed by atoms with Crippen LogP contribution in [0.5, 0.6) is 0 Å². The highest BCUT2D eigenvalue weighted by atomic mass is 15.3. The van der Waals surface area contributed by atoms with Gasteiger partial charge in [-0.25, -0.2) is 0 Å². The molecule has 1 aliphatic heterocycles. The van der Waals surface area contributed by atoms with E-state index in [1.807, 2.05) is 0 Å². The van der Waals surface area contributed by atoms with Gasteiger partial charge in [0.1, 0.15) is 17.6 Å². The van der Waals surface area contributed by atoms with E-state index < -0.39 is 0 Å². The van der Waals surface area contributed by atoms with Crippen LogP contribution in [0.15, 0.2) is 6.07 Å². The second-order valence-corrected chi connectivity index (χ2v) is 5.34. The van der Waals surface area contributed by atoms with E-state index in [9.17, 15) is 5.26 Å². The molecule has 1 atom stereocenters. The van der Waals surface area contributed by atoms with E-state index in [2.05, 4.69) is 41.3 Å². The van der Waals surface area contributed by atoms with Crippen LogP contribution in [0.25, 0.3) is 0 Å². The van der Waals surface area contributed by atoms with Crippen molar-refractivity contribution in [3.63, 3.8) is 0 Å². The highest BCUT2D eigenvalue weighted by Crippen LogP contribution is 2.32. The number of anilines is 2. The van der Waals surface area contributed by atoms with Crippen molar-refractivity contribution in [3.8, 4) is 6.07 Å². The van der Waals surface area contributed by atoms with Gasteiger partial charge >= 0.3 is 0 Å². The van der Waals surface area contributed by atoms with Gasteiger partial charge < -0.3 is 20.1 Å². The molecule has 0 amide bonds. The molecule has 1 aromatic heterocycles. The van der Waals surface area contributed by atoms with Crippen LogP contribution in [0.4, 0.5) is 11.5 Å². The number of hydrogen-bond donors (Lipinski definition) is 1. The number of likely N-dealkylation sites (N-methyl/N-ethyl adjacent to an activating group) is 1. The van der Waals surface area contributed by atoms with Crippen LogP contribution in [-0.2, 0) is 0 Å². The van der Waals surface area contributed by atoms with Gasteiger partial charge in [-0.05, 0) is 26.5 Å². The predicted molar refractivity (Wildman–Crippen MR) is 78.3 cm³/mol. The molecule has 0 spiro atoms. The number of rotatable bonds is 3. The van der Waals surface area contributed by atoms with Crippen molar-refractivity contribution in [2.75, 3.05) is 43.9 Å². The van der Waals surface area contributed by atoms with Gasteiger partial charge in [0.25, 0.3) is 0 Å². The molecule has 5 heteroatoms. The second kappa shape index (κ2) is 5.54. The third kappa shape index (κ3) is 2.54. The molecule has 19 heavy (non-hydrogen) atoms. The summed E-state index contributed by atoms with van der Waals surface area (Å²) in [5.74, 6) is 1.03. The average Bonchev–Trinajstić information content (AvgIpc) is 2.75. The van der Waals surface area contributed by atoms with Gasteiger partial charge in [0.2, 0.25) is 0 Å². The van der Waals surface area contributed by atoms with E-state index in [1.165, 1.54) is 0 Å². The fraction of sp³-hybridized carbons (Fsp3) is 0.643. The van der Waals surface area contributed by atoms with E-state index in [1.54, 1.807) is 6.07 Å². The van der Waals surface area contributed by atoms with Crippen LogP contribution in [0.1, 0.15) is 32.0 Å². The maximum atomic E-state index is 9.29. The summed E-state index contributed by atoms with van der Waals surface area (Å²) in [4.78, 5) is 4.62. The van der Waals surface area contributed by atoms with E-state index in [4.69, 9.17) is 5.73 Å². The average molecular weight is 261 g/mol. The number of hydrogen-bond acceptors (Lipinski definition) is 4. The molecular formula is C14H23N5. The number of nitriles is 1. The molecule has 1 aromatic rings. The van der Waals surface area contributed by atoms with Gasteiger partial charge in [-0.3, -0.25) is 0 Å². The van der Waals surface area contributed by atoms with Crippen molar-refractivity contribution in [2.45, 2.75) is 26.3 Å². The van der Waals surface area contributed by atoms with Crippen molar-refractivity contribution in [1.29, 1.82) is 5.26 Å². The monoisotopic (exact) mass is 261 g/mol. The van der Waals surface area contributed by atoms with Crippen LogP contribution < -0.4 is 10.6 Å². The fourth-order valence-electron chi connectivity index (χ4n) is 2.60. The van der Waals surface area contributed by atoms with Crippen molar-refractivity contribution in [2.24, 2.45) is 0 Å². The van der Waals surface area contributed by atoms with Gasteiger partial charge in [0, 0.05) is 32.2 Å². The zero-order valence-electron chi connectivity index (χ0n) is 12.1. The lowest BCUT2D eigenvalue weighted by Gasteiger charge is -2.35. The van der Waals surface area contributed by atoms with Gasteiger partial charge in [-0.1, -0.05) is 6.92 Å². The SMILES string of the molecule is CC[C@H](C)n1c(C#N)cc(N)c1N1CCN(C)CC1. The Labute approximate surface area is 115 Å². The third-order valence-corrected chi connectivity index (χ3v) is 3.99. The molecule has 0 saturated carbocycles. The zero-order valence-corrected chi connectivity index (χ0v) is 12.1. The Kier molecular flexibility index (Phi) is 4.01. The molecule has 0 aliphatic carbocycles. The molecule has 1 aliphatic rings. The van der Waals surface area contributed by atoms with Crippen LogP contribution in [0.2, 0.25) is 0 Å². The van der Waals surface area contributed by atoms with Gasteiger partial charge in [0.15, 0.2) is 0 Å². The standard InChI is InChI=1S/C14H23N5/c1-4-11(2)19-12(10-15)9-13(16)14(19)18-7-5-17(3)6-8-18/h9,11H,4-8,16H2,1-3H3/t11-/m0/s1. The first kappa shape index (κ1) is 13.8. The van der Waals surface area contributed by atoms with E-state index >= 15 is 0 Å². The van der Waals surface area contributed by atoms with Crippen LogP contribution in [0.3, 0.4) is 0 Å². The van der Waals surface area contributed by atoms with Gasteiger partial charge in [-0.15, -0.1) is 0 Å². The quantitative estimate of drug-likeness (QED) is 0.899. The summed E-state index contributed by atoms with van der Waals surface area (Å²) < 4.78 is 2.10. The largest absolute Gasteiger partial charge is 0.396 e. The predicted octanol–water partition coefficient (Wildman–Crippen LogP) is 1.66. The maximum absolute atomic E-state index is 9.29. The Hall–Kier alpha value is -1.67. The van der Waals surface area contributed by atoms with Gasteiger partial charge in [-0.2, -0.15) is 5.26 Å². The molecule has 1 fully saturated rings. The summed E-state index contributed by atoms with van der Waals surface area (Å²) in [6.07, 6.45) is 0.990. The van der Waals surface area contributed by atoms with Gasteiger partial charge in [0.05, 0.1) is 5.69 Å². The minimum Gasteiger partial charge on any atom is -0.396 e. The third-order valence-electron chi connectivity index (χ3n) is 3.99. The lowest BCUT2D eigenvalue weighted by molar-refractivity contribution is 0.310. The minimum absolute atomic E-state index is 0.293. The summed E-state index contributed by atoms with van der Waals surface area (Å²) in [6.45, 7) is 8.27. The Morgan fingerprint density at radius 1 is 1.37 bits per heavy atom. The number of nitrogen functional groups attached to an aromatic ring is 1. The molecule has 1 saturated heterocycles. The minimum atomic E-state index is 0.293. The number of nitrogens with two attached hydrogens (primary N) is 1. The first-order valence-corrected chi connectivity index (χ1v) is 6.92. The van der Waals surface area contributed by atoms with Crippen molar-refractivity contribution in [3.05, 3.63) is 11.8 Å². The molecule has 0 aromatic carbocycles. The Bertz CT molecular complexity index is 477. The van der Waals surface area contributed by atoms with E-state index in [-0.39, 0.29) is 0 Å². The Balaban J connectivity index is 2.39. The molecule has 5 nitrogen and oxygen atoms in total. The first-order valence-electron chi connectivity index (χ1n) is 6.92. The number of piperazine rings is 1. The highest BCUT2D eigenvalue weighted by Gasteiger charge is 2.24. The summed E-state index contributed by atoms with van der Waals surface area (Å²) in [5.41, 5.74) is 7.54. The van der Waals surface area contributed by atoms with Crippen molar-refractivity contribution in [1.82, 2.24) is 9.47 Å². The van der Waals surface area contributed by atoms with Crippen LogP contribution in [-0.4, -0.2) is 42.7 Å². The second-order valence-electron chi connectivity index (χ2n) is 5.34.